The Balaban J connectivity index is 2.03. The highest BCUT2D eigenvalue weighted by Gasteiger charge is 2.58. The third kappa shape index (κ3) is 1.47. The number of aryl methyl sites for hydroxylation is 1. The lowest BCUT2D eigenvalue weighted by Crippen LogP contribution is -2.50. The van der Waals surface area contributed by atoms with Gasteiger partial charge in [0, 0.05) is 12.0 Å². The molecule has 1 heterocycles. The van der Waals surface area contributed by atoms with Crippen LogP contribution in [0.2, 0.25) is 0 Å². The number of allylic oxidation sites excluding steroid dienone is 1. The van der Waals surface area contributed by atoms with Crippen LogP contribution in [0, 0.1) is 12.8 Å². The van der Waals surface area contributed by atoms with Crippen LogP contribution in [0.3, 0.4) is 0 Å². The molecule has 1 aromatic carbocycles. The van der Waals surface area contributed by atoms with E-state index < -0.39 is 6.10 Å². The molecule has 3 aliphatic rings. The van der Waals surface area contributed by atoms with Crippen molar-refractivity contribution in [1.82, 2.24) is 0 Å². The van der Waals surface area contributed by atoms with Crippen LogP contribution in [0.15, 0.2) is 23.8 Å². The summed E-state index contributed by atoms with van der Waals surface area (Å²) in [4.78, 5) is 12.5. The zero-order chi connectivity index (χ0) is 14.8. The summed E-state index contributed by atoms with van der Waals surface area (Å²) in [5.74, 6) is 1.31. The maximum Gasteiger partial charge on any atom is 0.178 e. The number of carbonyl (C=O) groups excluding carboxylic acids is 1. The van der Waals surface area contributed by atoms with E-state index >= 15 is 0 Å². The second-order valence-electron chi connectivity index (χ2n) is 6.70. The molecule has 1 saturated carbocycles. The molecule has 3 heteroatoms. The summed E-state index contributed by atoms with van der Waals surface area (Å²) in [5.41, 5.74) is 3.19. The lowest BCUT2D eigenvalue weighted by molar-refractivity contribution is -0.127. The molecule has 0 saturated heterocycles. The molecular weight excluding hydrogens is 264 g/mol. The average Bonchev–Trinajstić information content (AvgIpc) is 2.80. The fourth-order valence-electron chi connectivity index (χ4n) is 4.71. The Hall–Kier alpha value is -1.77. The summed E-state index contributed by atoms with van der Waals surface area (Å²) < 4.78 is 6.00. The summed E-state index contributed by atoms with van der Waals surface area (Å²) in [7, 11) is 0. The van der Waals surface area contributed by atoms with Gasteiger partial charge in [0.1, 0.15) is 0 Å². The second kappa shape index (κ2) is 4.12. The molecule has 4 rings (SSSR count). The zero-order valence-electron chi connectivity index (χ0n) is 12.5. The molecule has 1 aliphatic heterocycles. The Bertz CT molecular complexity index is 673. The predicted molar refractivity (Wildman–Crippen MR) is 79.7 cm³/mol. The Labute approximate surface area is 124 Å². The lowest BCUT2D eigenvalue weighted by atomic mass is 9.57. The number of carbonyl (C=O) groups is 1. The van der Waals surface area contributed by atoms with Crippen molar-refractivity contribution >= 4 is 5.78 Å². The molecule has 0 aromatic heterocycles. The molecular formula is C18H20O3. The van der Waals surface area contributed by atoms with E-state index in [4.69, 9.17) is 4.74 Å². The van der Waals surface area contributed by atoms with Crippen LogP contribution >= 0.6 is 0 Å². The van der Waals surface area contributed by atoms with Crippen molar-refractivity contribution in [2.24, 2.45) is 5.92 Å². The van der Waals surface area contributed by atoms with Gasteiger partial charge in [-0.3, -0.25) is 4.79 Å². The van der Waals surface area contributed by atoms with Crippen LogP contribution in [0.1, 0.15) is 43.7 Å². The predicted octanol–water partition coefficient (Wildman–Crippen LogP) is 3.42. The molecule has 0 unspecified atom stereocenters. The summed E-state index contributed by atoms with van der Waals surface area (Å²) in [6.45, 7) is 4.30. The number of rotatable bonds is 0. The number of phenols is 1. The monoisotopic (exact) mass is 284 g/mol. The van der Waals surface area contributed by atoms with Crippen molar-refractivity contribution in [3.05, 3.63) is 34.9 Å². The molecule has 1 spiro atoms. The van der Waals surface area contributed by atoms with Crippen molar-refractivity contribution in [3.63, 3.8) is 0 Å². The van der Waals surface area contributed by atoms with Gasteiger partial charge in [-0.25, -0.2) is 0 Å². The Kier molecular flexibility index (Phi) is 2.54. The molecule has 2 aliphatic carbocycles. The van der Waals surface area contributed by atoms with E-state index in [-0.39, 0.29) is 16.9 Å². The number of hydrogen-bond donors (Lipinski definition) is 1. The van der Waals surface area contributed by atoms with Gasteiger partial charge in [-0.15, -0.1) is 0 Å². The smallest absolute Gasteiger partial charge is 0.178 e. The average molecular weight is 284 g/mol. The molecule has 21 heavy (non-hydrogen) atoms. The maximum absolute atomic E-state index is 12.5. The lowest BCUT2D eigenvalue weighted by Gasteiger charge is -2.45. The van der Waals surface area contributed by atoms with Crippen LogP contribution in [-0.4, -0.2) is 17.0 Å². The first-order valence-corrected chi connectivity index (χ1v) is 7.78. The Morgan fingerprint density at radius 1 is 1.38 bits per heavy atom. The number of ketones is 1. The fourth-order valence-corrected chi connectivity index (χ4v) is 4.71. The number of fused-ring (bicyclic) bond motifs is 1. The van der Waals surface area contributed by atoms with Gasteiger partial charge >= 0.3 is 0 Å². The summed E-state index contributed by atoms with van der Waals surface area (Å²) in [5, 5.41) is 10.2. The topological polar surface area (TPSA) is 46.5 Å². The molecule has 1 aromatic rings. The van der Waals surface area contributed by atoms with E-state index in [1.165, 1.54) is 12.0 Å². The SMILES string of the molecule is Cc1ccc(O)c2c1[C@]13CCC[C@H](C)C1=CCC(=O)[C@@H]3O2. The highest BCUT2D eigenvalue weighted by Crippen LogP contribution is 2.60. The number of ether oxygens (including phenoxy) is 1. The van der Waals surface area contributed by atoms with E-state index in [0.717, 1.165) is 24.0 Å². The normalized spacial score (nSPS) is 33.6. The third-order valence-electron chi connectivity index (χ3n) is 5.54. The third-order valence-corrected chi connectivity index (χ3v) is 5.54. The van der Waals surface area contributed by atoms with Gasteiger partial charge in [-0.2, -0.15) is 0 Å². The van der Waals surface area contributed by atoms with Crippen molar-refractivity contribution in [3.8, 4) is 11.5 Å². The van der Waals surface area contributed by atoms with Crippen LogP contribution in [-0.2, 0) is 10.2 Å². The highest BCUT2D eigenvalue weighted by atomic mass is 16.5. The Morgan fingerprint density at radius 2 is 2.19 bits per heavy atom. The van der Waals surface area contributed by atoms with E-state index in [1.807, 2.05) is 6.07 Å². The van der Waals surface area contributed by atoms with Crippen molar-refractivity contribution < 1.29 is 14.6 Å². The van der Waals surface area contributed by atoms with Crippen LogP contribution < -0.4 is 4.74 Å². The molecule has 3 atom stereocenters. The number of phenolic OH excluding ortho intramolecular Hbond substituents is 1. The first-order valence-electron chi connectivity index (χ1n) is 7.78. The van der Waals surface area contributed by atoms with Gasteiger partial charge in [0.05, 0.1) is 5.41 Å². The minimum atomic E-state index is -0.442. The van der Waals surface area contributed by atoms with Crippen LogP contribution in [0.5, 0.6) is 11.5 Å². The van der Waals surface area contributed by atoms with Crippen molar-refractivity contribution in [2.75, 3.05) is 0 Å². The van der Waals surface area contributed by atoms with Crippen LogP contribution in [0.25, 0.3) is 0 Å². The van der Waals surface area contributed by atoms with Gasteiger partial charge in [-0.1, -0.05) is 31.1 Å². The molecule has 110 valence electrons. The quantitative estimate of drug-likeness (QED) is 0.743. The summed E-state index contributed by atoms with van der Waals surface area (Å²) in [6.07, 6.45) is 5.35. The minimum absolute atomic E-state index is 0.142. The molecule has 0 radical (unpaired) electrons. The highest BCUT2D eigenvalue weighted by molar-refractivity contribution is 5.91. The van der Waals surface area contributed by atoms with E-state index in [1.54, 1.807) is 6.07 Å². The number of hydrogen-bond acceptors (Lipinski definition) is 3. The van der Waals surface area contributed by atoms with E-state index in [2.05, 4.69) is 19.9 Å². The summed E-state index contributed by atoms with van der Waals surface area (Å²) >= 11 is 0. The zero-order valence-corrected chi connectivity index (χ0v) is 12.5. The standard InChI is InChI=1S/C18H20O3/c1-10-4-3-9-18-12(10)6-8-14(20)17(18)21-16-13(19)7-5-11(2)15(16)18/h5-7,10,17,19H,3-4,8-9H2,1-2H3/t10-,17-,18-/m0/s1. The molecule has 0 bridgehead atoms. The molecule has 1 N–H and O–H groups in total. The molecule has 3 nitrogen and oxygen atoms in total. The van der Waals surface area contributed by atoms with Crippen molar-refractivity contribution in [2.45, 2.75) is 51.0 Å². The van der Waals surface area contributed by atoms with Gasteiger partial charge in [0.2, 0.25) is 0 Å². The van der Waals surface area contributed by atoms with Gasteiger partial charge in [0.15, 0.2) is 23.4 Å². The fraction of sp³-hybridized carbons (Fsp3) is 0.500. The van der Waals surface area contributed by atoms with Gasteiger partial charge in [0.25, 0.3) is 0 Å². The van der Waals surface area contributed by atoms with Gasteiger partial charge in [-0.05, 0) is 37.3 Å². The van der Waals surface area contributed by atoms with Crippen molar-refractivity contribution in [1.29, 1.82) is 0 Å². The maximum atomic E-state index is 12.5. The first-order chi connectivity index (χ1) is 10.1. The number of Topliss-reactive ketones (excluding diaryl/α,β-unsaturated/α-hetero) is 1. The van der Waals surface area contributed by atoms with Crippen LogP contribution in [0.4, 0.5) is 0 Å². The van der Waals surface area contributed by atoms with Gasteiger partial charge < -0.3 is 9.84 Å². The number of aromatic hydroxyl groups is 1. The Morgan fingerprint density at radius 3 is 3.00 bits per heavy atom. The largest absolute Gasteiger partial charge is 0.504 e. The van der Waals surface area contributed by atoms with E-state index in [9.17, 15) is 9.90 Å². The first kappa shape index (κ1) is 12.9. The molecule has 0 amide bonds. The minimum Gasteiger partial charge on any atom is -0.504 e. The second-order valence-corrected chi connectivity index (χ2v) is 6.70. The number of benzene rings is 1. The summed E-state index contributed by atoms with van der Waals surface area (Å²) in [6, 6.07) is 3.60. The molecule has 1 fully saturated rings. The van der Waals surface area contributed by atoms with E-state index in [0.29, 0.717) is 18.1 Å².